The van der Waals surface area contributed by atoms with E-state index < -0.39 is 17.7 Å². The van der Waals surface area contributed by atoms with Crippen molar-refractivity contribution in [1.82, 2.24) is 0 Å². The maximum atomic E-state index is 13.1. The molecule has 0 aliphatic heterocycles. The Bertz CT molecular complexity index is 564. The van der Waals surface area contributed by atoms with E-state index in [0.29, 0.717) is 17.7 Å². The van der Waals surface area contributed by atoms with Gasteiger partial charge in [0.25, 0.3) is 0 Å². The molecule has 2 aromatic carbocycles. The second kappa shape index (κ2) is 6.59. The van der Waals surface area contributed by atoms with Gasteiger partial charge in [-0.15, -0.1) is 0 Å². The summed E-state index contributed by atoms with van der Waals surface area (Å²) in [6, 6.07) is 10.6. The largest absolute Gasteiger partial charge is 0.388 e. The number of aliphatic hydroxyl groups excluding tert-OH is 1. The van der Waals surface area contributed by atoms with Crippen LogP contribution in [0.4, 0.5) is 8.78 Å². The third-order valence-electron chi connectivity index (χ3n) is 3.00. The second-order valence-electron chi connectivity index (χ2n) is 4.68. The fourth-order valence-corrected chi connectivity index (χ4v) is 2.13. The van der Waals surface area contributed by atoms with E-state index in [9.17, 15) is 13.9 Å². The Hall–Kier alpha value is -1.78. The minimum Gasteiger partial charge on any atom is -0.388 e. The zero-order valence-electron chi connectivity index (χ0n) is 11.1. The molecule has 0 amide bonds. The highest BCUT2D eigenvalue weighted by Crippen LogP contribution is 2.21. The van der Waals surface area contributed by atoms with Crippen LogP contribution in [-0.2, 0) is 17.8 Å². The molecular weight excluding hydrogens is 262 g/mol. The Balaban J connectivity index is 2.14. The van der Waals surface area contributed by atoms with Gasteiger partial charge < -0.3 is 9.84 Å². The summed E-state index contributed by atoms with van der Waals surface area (Å²) in [5.74, 6) is -1.28. The first-order valence-corrected chi connectivity index (χ1v) is 6.29. The molecule has 0 aromatic heterocycles. The topological polar surface area (TPSA) is 29.5 Å². The van der Waals surface area contributed by atoms with Gasteiger partial charge in [0.1, 0.15) is 11.6 Å². The fourth-order valence-electron chi connectivity index (χ4n) is 2.13. The number of aliphatic hydroxyl groups is 1. The summed E-state index contributed by atoms with van der Waals surface area (Å²) in [7, 11) is 1.60. The van der Waals surface area contributed by atoms with Crippen molar-refractivity contribution in [1.29, 1.82) is 0 Å². The molecule has 1 unspecified atom stereocenters. The molecule has 2 nitrogen and oxygen atoms in total. The first-order valence-electron chi connectivity index (χ1n) is 6.29. The van der Waals surface area contributed by atoms with Gasteiger partial charge in [-0.25, -0.2) is 8.78 Å². The molecule has 0 saturated carbocycles. The van der Waals surface area contributed by atoms with Crippen molar-refractivity contribution in [2.75, 3.05) is 7.11 Å². The highest BCUT2D eigenvalue weighted by atomic mass is 19.1. The van der Waals surface area contributed by atoms with Crippen molar-refractivity contribution in [3.63, 3.8) is 0 Å². The summed E-state index contributed by atoms with van der Waals surface area (Å²) in [5.41, 5.74) is 2.06. The molecule has 0 aliphatic carbocycles. The monoisotopic (exact) mass is 278 g/mol. The Morgan fingerprint density at radius 1 is 1.05 bits per heavy atom. The van der Waals surface area contributed by atoms with Gasteiger partial charge in [0, 0.05) is 19.6 Å². The highest BCUT2D eigenvalue weighted by molar-refractivity contribution is 5.27. The molecule has 2 rings (SSSR count). The van der Waals surface area contributed by atoms with Gasteiger partial charge in [-0.05, 0) is 28.8 Å². The lowest BCUT2D eigenvalue weighted by atomic mass is 10.00. The number of benzene rings is 2. The minimum absolute atomic E-state index is 0.158. The standard InChI is InChI=1S/C16H16F2O2/c1-20-10-11-3-2-4-13(5-11)16(19)8-12-6-14(17)9-15(18)7-12/h2-7,9,16,19H,8,10H2,1H3. The summed E-state index contributed by atoms with van der Waals surface area (Å²) in [6.45, 7) is 0.454. The van der Waals surface area contributed by atoms with Gasteiger partial charge in [0.15, 0.2) is 0 Å². The number of halogens is 2. The molecule has 0 heterocycles. The first kappa shape index (κ1) is 14.6. The molecule has 1 atom stereocenters. The quantitative estimate of drug-likeness (QED) is 0.908. The lowest BCUT2D eigenvalue weighted by Crippen LogP contribution is -2.03. The third-order valence-corrected chi connectivity index (χ3v) is 3.00. The van der Waals surface area contributed by atoms with Crippen LogP contribution < -0.4 is 0 Å². The third kappa shape index (κ3) is 3.85. The number of ether oxygens (including phenoxy) is 1. The van der Waals surface area contributed by atoms with Crippen molar-refractivity contribution >= 4 is 0 Å². The van der Waals surface area contributed by atoms with E-state index in [4.69, 9.17) is 4.74 Å². The van der Waals surface area contributed by atoms with Crippen molar-refractivity contribution in [3.05, 3.63) is 70.8 Å². The van der Waals surface area contributed by atoms with E-state index in [-0.39, 0.29) is 6.42 Å². The smallest absolute Gasteiger partial charge is 0.126 e. The van der Waals surface area contributed by atoms with E-state index in [1.54, 1.807) is 13.2 Å². The Morgan fingerprint density at radius 2 is 1.75 bits per heavy atom. The predicted molar refractivity (Wildman–Crippen MR) is 72.2 cm³/mol. The zero-order chi connectivity index (χ0) is 14.5. The van der Waals surface area contributed by atoms with Gasteiger partial charge in [-0.1, -0.05) is 24.3 Å². The molecule has 1 N–H and O–H groups in total. The van der Waals surface area contributed by atoms with Crippen LogP contribution in [-0.4, -0.2) is 12.2 Å². The number of hydrogen-bond donors (Lipinski definition) is 1. The first-order chi connectivity index (χ1) is 9.58. The lowest BCUT2D eigenvalue weighted by molar-refractivity contribution is 0.175. The molecule has 106 valence electrons. The van der Waals surface area contributed by atoms with Gasteiger partial charge in [-0.2, -0.15) is 0 Å². The van der Waals surface area contributed by atoms with Crippen molar-refractivity contribution < 1.29 is 18.6 Å². The molecule has 20 heavy (non-hydrogen) atoms. The lowest BCUT2D eigenvalue weighted by Gasteiger charge is -2.12. The van der Waals surface area contributed by atoms with E-state index >= 15 is 0 Å². The molecule has 0 saturated heterocycles. The van der Waals surface area contributed by atoms with Gasteiger partial charge in [-0.3, -0.25) is 0 Å². The Labute approximate surface area is 116 Å². The van der Waals surface area contributed by atoms with Crippen molar-refractivity contribution in [2.24, 2.45) is 0 Å². The van der Waals surface area contributed by atoms with Gasteiger partial charge in [0.05, 0.1) is 12.7 Å². The molecule has 0 radical (unpaired) electrons. The fraction of sp³-hybridized carbons (Fsp3) is 0.250. The van der Waals surface area contributed by atoms with E-state index in [0.717, 1.165) is 11.6 Å². The van der Waals surface area contributed by atoms with E-state index in [1.807, 2.05) is 18.2 Å². The minimum atomic E-state index is -0.812. The summed E-state index contributed by atoms with van der Waals surface area (Å²) < 4.78 is 31.2. The van der Waals surface area contributed by atoms with Crippen molar-refractivity contribution in [2.45, 2.75) is 19.1 Å². The highest BCUT2D eigenvalue weighted by Gasteiger charge is 2.11. The summed E-state index contributed by atoms with van der Waals surface area (Å²) in [6.07, 6.45) is -0.654. The molecule has 0 bridgehead atoms. The molecule has 2 aromatic rings. The van der Waals surface area contributed by atoms with Crippen LogP contribution in [0.1, 0.15) is 22.8 Å². The zero-order valence-corrected chi connectivity index (χ0v) is 11.1. The van der Waals surface area contributed by atoms with Crippen LogP contribution in [0.3, 0.4) is 0 Å². The molecule has 0 aliphatic rings. The van der Waals surface area contributed by atoms with Crippen LogP contribution in [0.5, 0.6) is 0 Å². The molecule has 4 heteroatoms. The van der Waals surface area contributed by atoms with Crippen LogP contribution in [0, 0.1) is 11.6 Å². The van der Waals surface area contributed by atoms with Crippen LogP contribution in [0.2, 0.25) is 0 Å². The normalized spacial score (nSPS) is 12.4. The number of methoxy groups -OCH3 is 1. The van der Waals surface area contributed by atoms with E-state index in [2.05, 4.69) is 0 Å². The number of rotatable bonds is 5. The molecule has 0 fully saturated rings. The second-order valence-corrected chi connectivity index (χ2v) is 4.68. The average Bonchev–Trinajstić information content (AvgIpc) is 2.38. The Kier molecular flexibility index (Phi) is 4.82. The summed E-state index contributed by atoms with van der Waals surface area (Å²) >= 11 is 0. The maximum Gasteiger partial charge on any atom is 0.126 e. The van der Waals surface area contributed by atoms with Crippen LogP contribution in [0.15, 0.2) is 42.5 Å². The van der Waals surface area contributed by atoms with Gasteiger partial charge in [0.2, 0.25) is 0 Å². The average molecular weight is 278 g/mol. The maximum absolute atomic E-state index is 13.1. The van der Waals surface area contributed by atoms with E-state index in [1.165, 1.54) is 12.1 Å². The SMILES string of the molecule is COCc1cccc(C(O)Cc2cc(F)cc(F)c2)c1. The van der Waals surface area contributed by atoms with Crippen LogP contribution >= 0.6 is 0 Å². The summed E-state index contributed by atoms with van der Waals surface area (Å²) in [4.78, 5) is 0. The molecule has 0 spiro atoms. The Morgan fingerprint density at radius 3 is 2.40 bits per heavy atom. The molecular formula is C16H16F2O2. The summed E-state index contributed by atoms with van der Waals surface area (Å²) in [5, 5.41) is 10.2. The predicted octanol–water partition coefficient (Wildman–Crippen LogP) is 3.39. The van der Waals surface area contributed by atoms with Crippen molar-refractivity contribution in [3.8, 4) is 0 Å². The number of hydrogen-bond acceptors (Lipinski definition) is 2. The van der Waals surface area contributed by atoms with Crippen LogP contribution in [0.25, 0.3) is 0 Å². The van der Waals surface area contributed by atoms with Gasteiger partial charge >= 0.3 is 0 Å².